The Morgan fingerprint density at radius 2 is 0.558 bits per heavy atom. The summed E-state index contributed by atoms with van der Waals surface area (Å²) in [6, 6.07) is 65.5. The highest BCUT2D eigenvalue weighted by atomic mass is 15.2. The number of hydrogen-bond donors (Lipinski definition) is 0. The van der Waals surface area contributed by atoms with E-state index in [1.807, 2.05) is 0 Å². The molecule has 0 saturated carbocycles. The van der Waals surface area contributed by atoms with E-state index in [0.717, 1.165) is 56.4 Å². The van der Waals surface area contributed by atoms with Gasteiger partial charge in [0, 0.05) is 33.9 Å². The van der Waals surface area contributed by atoms with Gasteiger partial charge >= 0.3 is 0 Å². The third-order valence-corrected chi connectivity index (χ3v) is 9.34. The maximum absolute atomic E-state index is 2.40. The molecule has 7 aromatic rings. The Kier molecular flexibility index (Phi) is 10.3. The minimum absolute atomic E-state index is 1.07. The van der Waals surface area contributed by atoms with Gasteiger partial charge in [-0.15, -0.1) is 0 Å². The maximum atomic E-state index is 2.40. The van der Waals surface area contributed by atoms with Gasteiger partial charge in [0.2, 0.25) is 0 Å². The first-order valence-electron chi connectivity index (χ1n) is 17.9. The fourth-order valence-corrected chi connectivity index (χ4v) is 6.50. The predicted molar refractivity (Wildman–Crippen MR) is 224 cm³/mol. The molecule has 0 saturated heterocycles. The number of rotatable bonds is 10. The summed E-state index contributed by atoms with van der Waals surface area (Å²) in [5.41, 5.74) is 15.9. The third-order valence-electron chi connectivity index (χ3n) is 9.34. The molecule has 0 radical (unpaired) electrons. The fraction of sp³-hybridized carbons (Fsp3) is 0.0800. The lowest BCUT2D eigenvalue weighted by molar-refractivity contribution is 1.25. The van der Waals surface area contributed by atoms with E-state index in [0.29, 0.717) is 0 Å². The van der Waals surface area contributed by atoms with Crippen molar-refractivity contribution >= 4 is 46.3 Å². The zero-order chi connectivity index (χ0) is 35.9. The molecule has 0 atom stereocenters. The van der Waals surface area contributed by atoms with Crippen molar-refractivity contribution in [3.63, 3.8) is 0 Å². The molecule has 0 bridgehead atoms. The van der Waals surface area contributed by atoms with E-state index in [2.05, 4.69) is 232 Å². The second-order valence-electron chi connectivity index (χ2n) is 13.4. The summed E-state index contributed by atoms with van der Waals surface area (Å²) in [4.78, 5) is 4.79. The van der Waals surface area contributed by atoms with Crippen LogP contribution in [0.1, 0.15) is 44.5 Å². The van der Waals surface area contributed by atoms with Gasteiger partial charge in [-0.1, -0.05) is 156 Å². The van der Waals surface area contributed by atoms with Crippen molar-refractivity contribution in [1.82, 2.24) is 0 Å². The molecule has 254 valence electrons. The first kappa shape index (κ1) is 34.1. The molecule has 0 aliphatic rings. The lowest BCUT2D eigenvalue weighted by Gasteiger charge is -2.33. The van der Waals surface area contributed by atoms with E-state index in [4.69, 9.17) is 0 Å². The molecule has 0 spiro atoms. The van der Waals surface area contributed by atoms with Crippen LogP contribution < -0.4 is 9.80 Å². The van der Waals surface area contributed by atoms with Gasteiger partial charge in [0.15, 0.2) is 0 Å². The van der Waals surface area contributed by atoms with Crippen LogP contribution in [-0.2, 0) is 0 Å². The molecular weight excluding hydrogens is 629 g/mol. The van der Waals surface area contributed by atoms with Crippen molar-refractivity contribution in [3.05, 3.63) is 226 Å². The van der Waals surface area contributed by atoms with Crippen LogP contribution in [-0.4, -0.2) is 0 Å². The van der Waals surface area contributed by atoms with Gasteiger partial charge in [-0.3, -0.25) is 0 Å². The first-order valence-corrected chi connectivity index (χ1v) is 17.9. The van der Waals surface area contributed by atoms with Gasteiger partial charge < -0.3 is 9.80 Å². The van der Waals surface area contributed by atoms with Crippen LogP contribution in [0.2, 0.25) is 0 Å². The number of benzene rings is 7. The highest BCUT2D eigenvalue weighted by molar-refractivity contribution is 6.03. The highest BCUT2D eigenvalue weighted by Crippen LogP contribution is 2.42. The number of aryl methyl sites for hydroxylation is 4. The summed E-state index contributed by atoms with van der Waals surface area (Å²) in [5.74, 6) is 0. The maximum Gasteiger partial charge on any atom is 0.0546 e. The molecule has 0 aromatic heterocycles. The lowest BCUT2D eigenvalue weighted by Crippen LogP contribution is -2.20. The van der Waals surface area contributed by atoms with Crippen LogP contribution in [0.3, 0.4) is 0 Å². The van der Waals surface area contributed by atoms with Crippen LogP contribution >= 0.6 is 0 Å². The van der Waals surface area contributed by atoms with Crippen molar-refractivity contribution < 1.29 is 0 Å². The predicted octanol–water partition coefficient (Wildman–Crippen LogP) is 13.6. The average Bonchev–Trinajstić information content (AvgIpc) is 3.18. The van der Waals surface area contributed by atoms with E-state index < -0.39 is 0 Å². The molecule has 0 aliphatic heterocycles. The Hall–Kier alpha value is -6.38. The van der Waals surface area contributed by atoms with Gasteiger partial charge in [0.25, 0.3) is 0 Å². The summed E-state index contributed by atoms with van der Waals surface area (Å²) in [6.07, 6.45) is 4.64. The monoisotopic (exact) mass is 672 g/mol. The van der Waals surface area contributed by atoms with Gasteiger partial charge in [-0.2, -0.15) is 0 Å². The van der Waals surface area contributed by atoms with Crippen LogP contribution in [0.5, 0.6) is 0 Å². The molecule has 0 unspecified atom stereocenters. The summed E-state index contributed by atoms with van der Waals surface area (Å²) in [7, 11) is 0. The van der Waals surface area contributed by atoms with Crippen molar-refractivity contribution in [2.24, 2.45) is 0 Å². The van der Waals surface area contributed by atoms with Gasteiger partial charge in [0.1, 0.15) is 0 Å². The van der Waals surface area contributed by atoms with E-state index in [9.17, 15) is 0 Å². The molecule has 7 rings (SSSR count). The van der Waals surface area contributed by atoms with Crippen LogP contribution in [0.4, 0.5) is 22.7 Å². The minimum Gasteiger partial charge on any atom is -0.310 e. The lowest BCUT2D eigenvalue weighted by atomic mass is 9.95. The molecule has 2 heteroatoms. The Labute approximate surface area is 309 Å². The number of anilines is 4. The van der Waals surface area contributed by atoms with Crippen molar-refractivity contribution in [2.75, 3.05) is 9.80 Å². The van der Waals surface area contributed by atoms with Crippen LogP contribution in [0, 0.1) is 27.7 Å². The second kappa shape index (κ2) is 15.7. The molecule has 2 nitrogen and oxygen atoms in total. The van der Waals surface area contributed by atoms with Crippen molar-refractivity contribution in [3.8, 4) is 0 Å². The van der Waals surface area contributed by atoms with Gasteiger partial charge in [0.05, 0.1) is 11.4 Å². The summed E-state index contributed by atoms with van der Waals surface area (Å²) < 4.78 is 0. The molecule has 0 fully saturated rings. The topological polar surface area (TPSA) is 6.48 Å². The fourth-order valence-electron chi connectivity index (χ4n) is 6.50. The van der Waals surface area contributed by atoms with Crippen LogP contribution in [0.25, 0.3) is 23.5 Å². The highest BCUT2D eigenvalue weighted by Gasteiger charge is 2.24. The first-order chi connectivity index (χ1) is 25.4. The Bertz CT molecular complexity index is 2020. The SMILES string of the molecule is Cc1ccc(N(C(=Cc2ccccc2)c2ccccc2C(=Cc2ccccc2)N(c2ccc(C)cc2)c2ccc(C)cc2)c2ccc(C)cc2)cc1. The largest absolute Gasteiger partial charge is 0.310 e. The Morgan fingerprint density at radius 1 is 0.308 bits per heavy atom. The summed E-state index contributed by atoms with van der Waals surface area (Å²) in [5, 5.41) is 0. The quantitative estimate of drug-likeness (QED) is 0.133. The summed E-state index contributed by atoms with van der Waals surface area (Å²) >= 11 is 0. The zero-order valence-corrected chi connectivity index (χ0v) is 30.4. The van der Waals surface area contributed by atoms with E-state index in [1.54, 1.807) is 0 Å². The Morgan fingerprint density at radius 3 is 0.827 bits per heavy atom. The molecular formula is C50H44N2. The van der Waals surface area contributed by atoms with Crippen molar-refractivity contribution in [2.45, 2.75) is 27.7 Å². The smallest absolute Gasteiger partial charge is 0.0546 e. The molecule has 0 amide bonds. The summed E-state index contributed by atoms with van der Waals surface area (Å²) in [6.45, 7) is 8.56. The zero-order valence-electron chi connectivity index (χ0n) is 30.4. The number of hydrogen-bond acceptors (Lipinski definition) is 2. The molecule has 0 N–H and O–H groups in total. The van der Waals surface area contributed by atoms with Gasteiger partial charge in [-0.25, -0.2) is 0 Å². The number of nitrogens with zero attached hydrogens (tertiary/aromatic N) is 2. The second-order valence-corrected chi connectivity index (χ2v) is 13.4. The third kappa shape index (κ3) is 7.83. The standard InChI is InChI=1S/C50H44N2/c1-37-19-27-43(28-20-37)51(44-29-21-38(2)22-30-44)49(35-41-13-7-5-8-14-41)47-17-11-12-18-48(47)50(36-42-15-9-6-10-16-42)52(45-31-23-39(3)24-32-45)46-33-25-40(4)26-34-46/h5-36H,1-4H3. The van der Waals surface area contributed by atoms with E-state index in [-0.39, 0.29) is 0 Å². The van der Waals surface area contributed by atoms with Crippen molar-refractivity contribution in [1.29, 1.82) is 0 Å². The van der Waals surface area contributed by atoms with E-state index >= 15 is 0 Å². The van der Waals surface area contributed by atoms with Crippen LogP contribution in [0.15, 0.2) is 182 Å². The average molecular weight is 673 g/mol. The Balaban J connectivity index is 1.54. The van der Waals surface area contributed by atoms with E-state index in [1.165, 1.54) is 22.3 Å². The minimum atomic E-state index is 1.07. The molecule has 52 heavy (non-hydrogen) atoms. The molecule has 7 aromatic carbocycles. The molecule has 0 aliphatic carbocycles. The van der Waals surface area contributed by atoms with Gasteiger partial charge in [-0.05, 0) is 99.5 Å². The molecule has 0 heterocycles. The normalized spacial score (nSPS) is 11.7.